The lowest BCUT2D eigenvalue weighted by Crippen LogP contribution is -2.48. The molecule has 146 valence electrons. The SMILES string of the molecule is C=CC(CCC)N([P+]1([O-])OCC(C)(C)CO1)S(=O)(=O)c1ccc(C)cc1. The molecule has 1 saturated heterocycles. The first-order valence-corrected chi connectivity index (χ1v) is 11.6. The van der Waals surface area contributed by atoms with E-state index in [-0.39, 0.29) is 23.5 Å². The molecule has 0 spiro atoms. The third-order valence-corrected chi connectivity index (χ3v) is 8.75. The summed E-state index contributed by atoms with van der Waals surface area (Å²) < 4.78 is 38.6. The summed E-state index contributed by atoms with van der Waals surface area (Å²) in [5.41, 5.74) is 0.602. The first kappa shape index (κ1) is 21.5. The van der Waals surface area contributed by atoms with E-state index in [0.29, 0.717) is 12.8 Å². The number of hydrogen-bond donors (Lipinski definition) is 0. The molecule has 1 unspecified atom stereocenters. The van der Waals surface area contributed by atoms with Crippen molar-refractivity contribution in [2.75, 3.05) is 13.2 Å². The summed E-state index contributed by atoms with van der Waals surface area (Å²) in [6.07, 6.45) is 2.65. The Morgan fingerprint density at radius 2 is 1.85 bits per heavy atom. The van der Waals surface area contributed by atoms with Gasteiger partial charge in [-0.1, -0.05) is 51.0 Å². The van der Waals surface area contributed by atoms with E-state index in [2.05, 4.69) is 6.58 Å². The van der Waals surface area contributed by atoms with Crippen molar-refractivity contribution in [2.24, 2.45) is 5.41 Å². The van der Waals surface area contributed by atoms with Crippen LogP contribution in [0, 0.1) is 12.3 Å². The minimum absolute atomic E-state index is 0.0540. The molecule has 0 aromatic heterocycles. The fourth-order valence-electron chi connectivity index (χ4n) is 2.63. The first-order chi connectivity index (χ1) is 12.1. The van der Waals surface area contributed by atoms with Crippen LogP contribution in [-0.2, 0) is 19.1 Å². The highest BCUT2D eigenvalue weighted by atomic mass is 32.2. The molecule has 0 radical (unpaired) electrons. The monoisotopic (exact) mass is 401 g/mol. The van der Waals surface area contributed by atoms with E-state index in [1.54, 1.807) is 12.1 Å². The number of nitrogens with zero attached hydrogens (tertiary/aromatic N) is 1. The predicted octanol–water partition coefficient (Wildman–Crippen LogP) is 3.45. The molecule has 6 nitrogen and oxygen atoms in total. The number of hydrogen-bond acceptors (Lipinski definition) is 5. The molecule has 1 aromatic carbocycles. The molecule has 0 N–H and O–H groups in total. The molecule has 2 rings (SSSR count). The molecule has 1 aliphatic heterocycles. The van der Waals surface area contributed by atoms with Gasteiger partial charge in [0.2, 0.25) is 0 Å². The van der Waals surface area contributed by atoms with Crippen LogP contribution in [0.25, 0.3) is 0 Å². The number of benzene rings is 1. The van der Waals surface area contributed by atoms with Crippen LogP contribution in [0.1, 0.15) is 39.2 Å². The topological polar surface area (TPSA) is 78.9 Å². The summed E-state index contributed by atoms with van der Waals surface area (Å²) in [6.45, 7) is 11.7. The molecule has 1 fully saturated rings. The lowest BCUT2D eigenvalue weighted by molar-refractivity contribution is -0.245. The second kappa shape index (κ2) is 8.05. The van der Waals surface area contributed by atoms with E-state index in [4.69, 9.17) is 9.05 Å². The highest BCUT2D eigenvalue weighted by Crippen LogP contribution is 2.63. The minimum Gasteiger partial charge on any atom is -0.615 e. The Labute approximate surface area is 157 Å². The zero-order valence-electron chi connectivity index (χ0n) is 15.8. The molecule has 0 bridgehead atoms. The van der Waals surface area contributed by atoms with E-state index in [0.717, 1.165) is 9.64 Å². The van der Waals surface area contributed by atoms with Crippen molar-refractivity contribution < 1.29 is 22.4 Å². The number of sulfonamides is 1. The fourth-order valence-corrected chi connectivity index (χ4v) is 7.39. The van der Waals surface area contributed by atoms with E-state index in [1.807, 2.05) is 27.7 Å². The molecule has 1 aliphatic rings. The second-order valence-corrected chi connectivity index (χ2v) is 11.3. The normalized spacial score (nSPS) is 20.7. The van der Waals surface area contributed by atoms with Crippen LogP contribution in [0.5, 0.6) is 0 Å². The maximum Gasteiger partial charge on any atom is 0.329 e. The van der Waals surface area contributed by atoms with E-state index in [9.17, 15) is 13.3 Å². The Morgan fingerprint density at radius 3 is 2.31 bits per heavy atom. The summed E-state index contributed by atoms with van der Waals surface area (Å²) in [6, 6.07) is 5.73. The van der Waals surface area contributed by atoms with Gasteiger partial charge in [0.1, 0.15) is 13.2 Å². The molecule has 0 amide bonds. The van der Waals surface area contributed by atoms with E-state index in [1.165, 1.54) is 18.2 Å². The third kappa shape index (κ3) is 4.53. The predicted molar refractivity (Wildman–Crippen MR) is 102 cm³/mol. The Balaban J connectivity index is 2.50. The summed E-state index contributed by atoms with van der Waals surface area (Å²) in [7, 11) is -8.13. The quantitative estimate of drug-likeness (QED) is 0.516. The third-order valence-electron chi connectivity index (χ3n) is 4.18. The second-order valence-electron chi connectivity index (χ2n) is 7.36. The summed E-state index contributed by atoms with van der Waals surface area (Å²) in [4.78, 5) is 13.5. The highest BCUT2D eigenvalue weighted by Gasteiger charge is 2.55. The van der Waals surface area contributed by atoms with Crippen LogP contribution < -0.4 is 4.89 Å². The highest BCUT2D eigenvalue weighted by molar-refractivity contribution is 7.95. The van der Waals surface area contributed by atoms with E-state index >= 15 is 0 Å². The van der Waals surface area contributed by atoms with Crippen LogP contribution in [0.4, 0.5) is 0 Å². The molecule has 0 aliphatic carbocycles. The van der Waals surface area contributed by atoms with Crippen LogP contribution >= 0.6 is 8.09 Å². The van der Waals surface area contributed by atoms with Crippen molar-refractivity contribution in [1.29, 1.82) is 0 Å². The van der Waals surface area contributed by atoms with E-state index < -0.39 is 24.2 Å². The molecular weight excluding hydrogens is 373 g/mol. The molecule has 26 heavy (non-hydrogen) atoms. The number of rotatable bonds is 7. The molecule has 1 aromatic rings. The van der Waals surface area contributed by atoms with Gasteiger partial charge in [-0.05, 0) is 29.6 Å². The molecule has 0 saturated carbocycles. The Morgan fingerprint density at radius 1 is 1.31 bits per heavy atom. The van der Waals surface area contributed by atoms with Crippen molar-refractivity contribution in [3.63, 3.8) is 0 Å². The van der Waals surface area contributed by atoms with Gasteiger partial charge in [0.05, 0.1) is 10.9 Å². The Kier molecular flexibility index (Phi) is 6.65. The van der Waals surface area contributed by atoms with Gasteiger partial charge in [0, 0.05) is 5.41 Å². The van der Waals surface area contributed by atoms with Gasteiger partial charge in [0.15, 0.2) is 0 Å². The fraction of sp³-hybridized carbons (Fsp3) is 0.556. The molecule has 1 atom stereocenters. The summed E-state index contributed by atoms with van der Waals surface area (Å²) in [5.74, 6) is 0. The smallest absolute Gasteiger partial charge is 0.329 e. The van der Waals surface area contributed by atoms with Crippen molar-refractivity contribution in [3.05, 3.63) is 42.5 Å². The van der Waals surface area contributed by atoms with Crippen LogP contribution in [0.3, 0.4) is 0 Å². The van der Waals surface area contributed by atoms with Gasteiger partial charge in [0.25, 0.3) is 10.0 Å². The molecule has 1 heterocycles. The zero-order chi connectivity index (χ0) is 19.6. The van der Waals surface area contributed by atoms with Gasteiger partial charge >= 0.3 is 8.09 Å². The zero-order valence-corrected chi connectivity index (χ0v) is 17.6. The first-order valence-electron chi connectivity index (χ1n) is 8.69. The van der Waals surface area contributed by atoms with Crippen LogP contribution in [0.2, 0.25) is 0 Å². The van der Waals surface area contributed by atoms with Gasteiger partial charge in [-0.15, -0.1) is 6.58 Å². The lowest BCUT2D eigenvalue weighted by Gasteiger charge is -2.43. The molecular formula is C18H28NO5PS. The standard InChI is InChI=1S/C18H28NO5PS/c1-6-8-16(7-2)19(25(20)23-13-18(4,5)14-24-25)26(21,22)17-11-9-15(3)10-12-17/h7,9-12,16H,2,6,8,13-14H2,1,3-5H3. The number of aryl methyl sites for hydroxylation is 1. The molecule has 8 heteroatoms. The average Bonchev–Trinajstić information content (AvgIpc) is 2.58. The Bertz CT molecular complexity index is 722. The van der Waals surface area contributed by atoms with Crippen molar-refractivity contribution in [2.45, 2.75) is 51.5 Å². The van der Waals surface area contributed by atoms with Crippen LogP contribution in [-0.4, -0.2) is 31.7 Å². The van der Waals surface area contributed by atoms with Crippen LogP contribution in [0.15, 0.2) is 41.8 Å². The van der Waals surface area contributed by atoms with Gasteiger partial charge in [-0.25, -0.2) is 8.42 Å². The van der Waals surface area contributed by atoms with Gasteiger partial charge in [-0.3, -0.25) is 0 Å². The van der Waals surface area contributed by atoms with Crippen molar-refractivity contribution in [1.82, 2.24) is 4.08 Å². The largest absolute Gasteiger partial charge is 0.615 e. The summed E-state index contributed by atoms with van der Waals surface area (Å²) >= 11 is 0. The van der Waals surface area contributed by atoms with Crippen molar-refractivity contribution in [3.8, 4) is 0 Å². The average molecular weight is 401 g/mol. The maximum atomic E-state index is 13.4. The summed E-state index contributed by atoms with van der Waals surface area (Å²) in [5, 5.41) is 0. The van der Waals surface area contributed by atoms with Gasteiger partial charge in [-0.2, -0.15) is 9.05 Å². The lowest BCUT2D eigenvalue weighted by atomic mass is 9.97. The van der Waals surface area contributed by atoms with Gasteiger partial charge < -0.3 is 4.89 Å². The van der Waals surface area contributed by atoms with Crippen molar-refractivity contribution >= 4 is 18.1 Å². The maximum absolute atomic E-state index is 13.4. The minimum atomic E-state index is -4.10. The Hall–Kier alpha value is -0.820.